The Labute approximate surface area is 111 Å². The van der Waals surface area contributed by atoms with Crippen LogP contribution in [0.2, 0.25) is 5.02 Å². The summed E-state index contributed by atoms with van der Waals surface area (Å²) < 4.78 is 14.8. The number of rotatable bonds is 5. The van der Waals surface area contributed by atoms with Crippen molar-refractivity contribution >= 4 is 17.3 Å². The minimum Gasteiger partial charge on any atom is -0.380 e. The van der Waals surface area contributed by atoms with Gasteiger partial charge in [0.15, 0.2) is 0 Å². The quantitative estimate of drug-likeness (QED) is 0.895. The zero-order chi connectivity index (χ0) is 13.0. The minimum absolute atomic E-state index is 0.332. The average molecular weight is 268 g/mol. The summed E-state index contributed by atoms with van der Waals surface area (Å²) in [5.41, 5.74) is 1.80. The number of hydrogen-bond acceptors (Lipinski definition) is 2. The van der Waals surface area contributed by atoms with Crippen molar-refractivity contribution in [3.05, 3.63) is 47.0 Å². The van der Waals surface area contributed by atoms with E-state index in [-0.39, 0.29) is 5.82 Å². The first-order valence-corrected chi connectivity index (χ1v) is 6.27. The molecule has 0 aliphatic carbocycles. The highest BCUT2D eigenvalue weighted by molar-refractivity contribution is 6.33. The molecule has 0 bridgehead atoms. The molecule has 18 heavy (non-hydrogen) atoms. The maximum absolute atomic E-state index is 12.9. The summed E-state index contributed by atoms with van der Waals surface area (Å²) in [6.45, 7) is 3.64. The monoisotopic (exact) mass is 267 g/mol. The SMILES string of the molecule is CCCn1cc(CNc2ccc(F)cc2Cl)cn1. The van der Waals surface area contributed by atoms with Crippen molar-refractivity contribution in [1.82, 2.24) is 9.78 Å². The van der Waals surface area contributed by atoms with Crippen molar-refractivity contribution in [2.24, 2.45) is 0 Å². The molecule has 5 heteroatoms. The van der Waals surface area contributed by atoms with Crippen LogP contribution < -0.4 is 5.32 Å². The van der Waals surface area contributed by atoms with Crippen molar-refractivity contribution in [3.8, 4) is 0 Å². The molecule has 0 spiro atoms. The van der Waals surface area contributed by atoms with Crippen LogP contribution in [-0.2, 0) is 13.1 Å². The van der Waals surface area contributed by atoms with E-state index in [9.17, 15) is 4.39 Å². The van der Waals surface area contributed by atoms with Crippen molar-refractivity contribution in [2.45, 2.75) is 26.4 Å². The zero-order valence-corrected chi connectivity index (χ0v) is 10.9. The summed E-state index contributed by atoms with van der Waals surface area (Å²) in [6, 6.07) is 4.31. The largest absolute Gasteiger partial charge is 0.380 e. The van der Waals surface area contributed by atoms with Crippen LogP contribution in [-0.4, -0.2) is 9.78 Å². The van der Waals surface area contributed by atoms with E-state index in [2.05, 4.69) is 17.3 Å². The van der Waals surface area contributed by atoms with Crippen molar-refractivity contribution < 1.29 is 4.39 Å². The van der Waals surface area contributed by atoms with Gasteiger partial charge in [-0.3, -0.25) is 4.68 Å². The third-order valence-electron chi connectivity index (χ3n) is 2.55. The van der Waals surface area contributed by atoms with Crippen molar-refractivity contribution in [3.63, 3.8) is 0 Å². The van der Waals surface area contributed by atoms with Crippen LogP contribution in [0.3, 0.4) is 0 Å². The topological polar surface area (TPSA) is 29.9 Å². The van der Waals surface area contributed by atoms with E-state index in [1.54, 1.807) is 6.07 Å². The molecule has 96 valence electrons. The molecule has 0 unspecified atom stereocenters. The number of aromatic nitrogens is 2. The van der Waals surface area contributed by atoms with Crippen LogP contribution >= 0.6 is 11.6 Å². The molecule has 0 aliphatic rings. The molecular formula is C13H15ClFN3. The van der Waals surface area contributed by atoms with Gasteiger partial charge in [-0.25, -0.2) is 4.39 Å². The number of anilines is 1. The summed E-state index contributed by atoms with van der Waals surface area (Å²) in [4.78, 5) is 0. The van der Waals surface area contributed by atoms with Gasteiger partial charge in [0, 0.05) is 24.8 Å². The minimum atomic E-state index is -0.332. The Morgan fingerprint density at radius 2 is 2.28 bits per heavy atom. The number of nitrogens with one attached hydrogen (secondary N) is 1. The molecule has 1 N–H and O–H groups in total. The highest BCUT2D eigenvalue weighted by Crippen LogP contribution is 2.22. The highest BCUT2D eigenvalue weighted by atomic mass is 35.5. The van der Waals surface area contributed by atoms with Gasteiger partial charge in [-0.2, -0.15) is 5.10 Å². The fourth-order valence-corrected chi connectivity index (χ4v) is 1.91. The molecule has 0 radical (unpaired) electrons. The van der Waals surface area contributed by atoms with Gasteiger partial charge in [-0.1, -0.05) is 18.5 Å². The summed E-state index contributed by atoms with van der Waals surface area (Å²) in [5, 5.41) is 7.78. The lowest BCUT2D eigenvalue weighted by Crippen LogP contribution is -2.00. The summed E-state index contributed by atoms with van der Waals surface area (Å²) in [7, 11) is 0. The van der Waals surface area contributed by atoms with Crippen LogP contribution in [0.5, 0.6) is 0 Å². The lowest BCUT2D eigenvalue weighted by molar-refractivity contribution is 0.602. The summed E-state index contributed by atoms with van der Waals surface area (Å²) >= 11 is 5.93. The first kappa shape index (κ1) is 12.9. The van der Waals surface area contributed by atoms with Gasteiger partial charge in [-0.05, 0) is 24.6 Å². The van der Waals surface area contributed by atoms with E-state index in [4.69, 9.17) is 11.6 Å². The van der Waals surface area contributed by atoms with Gasteiger partial charge in [0.25, 0.3) is 0 Å². The van der Waals surface area contributed by atoms with E-state index in [0.29, 0.717) is 11.6 Å². The predicted octanol–water partition coefficient (Wildman–Crippen LogP) is 3.70. The van der Waals surface area contributed by atoms with E-state index in [0.717, 1.165) is 24.2 Å². The zero-order valence-electron chi connectivity index (χ0n) is 10.2. The smallest absolute Gasteiger partial charge is 0.124 e. The molecule has 0 saturated carbocycles. The van der Waals surface area contributed by atoms with Gasteiger partial charge in [0.1, 0.15) is 5.82 Å². The van der Waals surface area contributed by atoms with Crippen LogP contribution in [0.4, 0.5) is 10.1 Å². The first-order valence-electron chi connectivity index (χ1n) is 5.89. The van der Waals surface area contributed by atoms with Crippen LogP contribution in [0.15, 0.2) is 30.6 Å². The molecule has 2 aromatic rings. The molecule has 0 atom stereocenters. The van der Waals surface area contributed by atoms with E-state index in [1.807, 2.05) is 17.1 Å². The second-order valence-electron chi connectivity index (χ2n) is 4.09. The molecule has 1 aromatic carbocycles. The number of benzene rings is 1. The Bertz CT molecular complexity index is 525. The number of nitrogens with zero attached hydrogens (tertiary/aromatic N) is 2. The van der Waals surface area contributed by atoms with E-state index < -0.39 is 0 Å². The standard InChI is InChI=1S/C13H15ClFN3/c1-2-5-18-9-10(8-17-18)7-16-13-4-3-11(15)6-12(13)14/h3-4,6,8-9,16H,2,5,7H2,1H3. The second-order valence-corrected chi connectivity index (χ2v) is 4.50. The summed E-state index contributed by atoms with van der Waals surface area (Å²) in [6.07, 6.45) is 4.87. The third kappa shape index (κ3) is 3.23. The first-order chi connectivity index (χ1) is 8.69. The molecule has 0 saturated heterocycles. The molecule has 2 rings (SSSR count). The average Bonchev–Trinajstić information content (AvgIpc) is 2.76. The van der Waals surface area contributed by atoms with Crippen LogP contribution in [0.1, 0.15) is 18.9 Å². The highest BCUT2D eigenvalue weighted by Gasteiger charge is 2.03. The molecule has 3 nitrogen and oxygen atoms in total. The van der Waals surface area contributed by atoms with Crippen LogP contribution in [0.25, 0.3) is 0 Å². The van der Waals surface area contributed by atoms with Gasteiger partial charge in [0.2, 0.25) is 0 Å². The van der Waals surface area contributed by atoms with Gasteiger partial charge >= 0.3 is 0 Å². The Kier molecular flexibility index (Phi) is 4.20. The Morgan fingerprint density at radius 1 is 1.44 bits per heavy atom. The maximum Gasteiger partial charge on any atom is 0.124 e. The Hall–Kier alpha value is -1.55. The second kappa shape index (κ2) is 5.87. The number of hydrogen-bond donors (Lipinski definition) is 1. The van der Waals surface area contributed by atoms with Gasteiger partial charge in [0.05, 0.1) is 16.9 Å². The molecule has 0 aliphatic heterocycles. The van der Waals surface area contributed by atoms with E-state index >= 15 is 0 Å². The van der Waals surface area contributed by atoms with Crippen molar-refractivity contribution in [2.75, 3.05) is 5.32 Å². The molecule has 1 aromatic heterocycles. The normalized spacial score (nSPS) is 10.6. The molecule has 0 fully saturated rings. The predicted molar refractivity (Wildman–Crippen MR) is 71.3 cm³/mol. The molecule has 1 heterocycles. The Morgan fingerprint density at radius 3 is 3.00 bits per heavy atom. The van der Waals surface area contributed by atoms with E-state index in [1.165, 1.54) is 12.1 Å². The molecular weight excluding hydrogens is 253 g/mol. The number of halogens is 2. The fraction of sp³-hybridized carbons (Fsp3) is 0.308. The number of aryl methyl sites for hydroxylation is 1. The Balaban J connectivity index is 1.97. The molecule has 0 amide bonds. The van der Waals surface area contributed by atoms with Gasteiger partial charge in [-0.15, -0.1) is 0 Å². The third-order valence-corrected chi connectivity index (χ3v) is 2.87. The lowest BCUT2D eigenvalue weighted by Gasteiger charge is -2.06. The van der Waals surface area contributed by atoms with Crippen LogP contribution in [0, 0.1) is 5.82 Å². The fourth-order valence-electron chi connectivity index (χ4n) is 1.68. The maximum atomic E-state index is 12.9. The summed E-state index contributed by atoms with van der Waals surface area (Å²) in [5.74, 6) is -0.332. The van der Waals surface area contributed by atoms with Gasteiger partial charge < -0.3 is 5.32 Å². The van der Waals surface area contributed by atoms with Crippen molar-refractivity contribution in [1.29, 1.82) is 0 Å². The lowest BCUT2D eigenvalue weighted by atomic mass is 10.3.